The first-order chi connectivity index (χ1) is 9.66. The van der Waals surface area contributed by atoms with Gasteiger partial charge >= 0.3 is 0 Å². The van der Waals surface area contributed by atoms with Crippen molar-refractivity contribution in [2.45, 2.75) is 44.7 Å². The molecule has 2 fully saturated rings. The molecular formula is C16H21FN2S. The second kappa shape index (κ2) is 5.78. The van der Waals surface area contributed by atoms with E-state index in [4.69, 9.17) is 18.0 Å². The average molecular weight is 292 g/mol. The molecule has 3 rings (SSSR count). The number of hydrogen-bond acceptors (Lipinski definition) is 2. The Morgan fingerprint density at radius 1 is 1.30 bits per heavy atom. The van der Waals surface area contributed by atoms with Crippen LogP contribution in [0.4, 0.5) is 4.39 Å². The smallest absolute Gasteiger partial charge is 0.137 e. The van der Waals surface area contributed by atoms with Gasteiger partial charge < -0.3 is 5.73 Å². The van der Waals surface area contributed by atoms with Crippen LogP contribution in [0.3, 0.4) is 0 Å². The SMILES string of the molecule is NC(=S)c1cccc(CN2CCC3CCCCC32)c1F. The molecule has 2 aliphatic rings. The summed E-state index contributed by atoms with van der Waals surface area (Å²) in [6.45, 7) is 1.77. The largest absolute Gasteiger partial charge is 0.389 e. The molecule has 108 valence electrons. The van der Waals surface area contributed by atoms with Crippen LogP contribution in [0.2, 0.25) is 0 Å². The fraction of sp³-hybridized carbons (Fsp3) is 0.562. The molecule has 1 aromatic rings. The maximum atomic E-state index is 14.4. The first kappa shape index (κ1) is 14.0. The molecule has 1 saturated carbocycles. The van der Waals surface area contributed by atoms with Crippen LogP contribution in [-0.4, -0.2) is 22.5 Å². The summed E-state index contributed by atoms with van der Waals surface area (Å²) in [6.07, 6.45) is 6.55. The number of halogens is 1. The lowest BCUT2D eigenvalue weighted by atomic mass is 9.85. The summed E-state index contributed by atoms with van der Waals surface area (Å²) in [5.74, 6) is 0.588. The van der Waals surface area contributed by atoms with Crippen molar-refractivity contribution in [3.63, 3.8) is 0 Å². The van der Waals surface area contributed by atoms with Gasteiger partial charge in [0.25, 0.3) is 0 Å². The molecule has 1 aliphatic carbocycles. The quantitative estimate of drug-likeness (QED) is 0.867. The van der Waals surface area contributed by atoms with E-state index >= 15 is 0 Å². The van der Waals surface area contributed by atoms with Gasteiger partial charge in [-0.1, -0.05) is 37.2 Å². The first-order valence-corrected chi connectivity index (χ1v) is 7.89. The molecule has 1 aliphatic heterocycles. The minimum Gasteiger partial charge on any atom is -0.389 e. The van der Waals surface area contributed by atoms with Gasteiger partial charge in [-0.2, -0.15) is 0 Å². The maximum absolute atomic E-state index is 14.4. The van der Waals surface area contributed by atoms with Crippen molar-refractivity contribution >= 4 is 17.2 Å². The van der Waals surface area contributed by atoms with Gasteiger partial charge in [-0.15, -0.1) is 0 Å². The zero-order valence-corrected chi connectivity index (χ0v) is 12.5. The van der Waals surface area contributed by atoms with Gasteiger partial charge in [-0.3, -0.25) is 4.90 Å². The number of benzene rings is 1. The highest BCUT2D eigenvalue weighted by Gasteiger charge is 2.35. The molecule has 0 aromatic heterocycles. The summed E-state index contributed by atoms with van der Waals surface area (Å²) in [4.78, 5) is 2.59. The van der Waals surface area contributed by atoms with E-state index in [2.05, 4.69) is 4.90 Å². The number of rotatable bonds is 3. The summed E-state index contributed by atoms with van der Waals surface area (Å²) >= 11 is 4.91. The Hall–Kier alpha value is -1.00. The average Bonchev–Trinajstić information content (AvgIpc) is 2.84. The van der Waals surface area contributed by atoms with Gasteiger partial charge in [-0.05, 0) is 37.8 Å². The lowest BCUT2D eigenvalue weighted by Gasteiger charge is -2.31. The lowest BCUT2D eigenvalue weighted by Crippen LogP contribution is -2.34. The number of fused-ring (bicyclic) bond motifs is 1. The summed E-state index contributed by atoms with van der Waals surface area (Å²) < 4.78 is 14.4. The van der Waals surface area contributed by atoms with Gasteiger partial charge in [-0.25, -0.2) is 4.39 Å². The van der Waals surface area contributed by atoms with Crippen molar-refractivity contribution in [1.29, 1.82) is 0 Å². The Kier molecular flexibility index (Phi) is 4.03. The zero-order chi connectivity index (χ0) is 14.1. The molecule has 2 N–H and O–H groups in total. The van der Waals surface area contributed by atoms with Crippen LogP contribution in [0.5, 0.6) is 0 Å². The summed E-state index contributed by atoms with van der Waals surface area (Å²) in [7, 11) is 0. The van der Waals surface area contributed by atoms with E-state index in [1.165, 1.54) is 32.1 Å². The summed E-state index contributed by atoms with van der Waals surface area (Å²) in [5.41, 5.74) is 6.67. The standard InChI is InChI=1S/C16H21FN2S/c17-15-12(5-3-6-13(15)16(18)20)10-19-9-8-11-4-1-2-7-14(11)19/h3,5-6,11,14H,1-2,4,7-10H2,(H2,18,20). The molecule has 1 saturated heterocycles. The third-order valence-electron chi connectivity index (χ3n) is 4.84. The molecular weight excluding hydrogens is 271 g/mol. The second-order valence-corrected chi connectivity index (χ2v) is 6.45. The zero-order valence-electron chi connectivity index (χ0n) is 11.6. The fourth-order valence-corrected chi connectivity index (χ4v) is 3.97. The Morgan fingerprint density at radius 2 is 2.10 bits per heavy atom. The molecule has 2 atom stereocenters. The van der Waals surface area contributed by atoms with E-state index in [-0.39, 0.29) is 10.8 Å². The van der Waals surface area contributed by atoms with Gasteiger partial charge in [0.2, 0.25) is 0 Å². The van der Waals surface area contributed by atoms with E-state index in [0.29, 0.717) is 18.2 Å². The third kappa shape index (κ3) is 2.59. The number of nitrogens with two attached hydrogens (primary N) is 1. The van der Waals surface area contributed by atoms with Crippen LogP contribution in [0.1, 0.15) is 43.2 Å². The minimum atomic E-state index is -0.237. The van der Waals surface area contributed by atoms with Gasteiger partial charge in [0.05, 0.1) is 0 Å². The number of thiocarbonyl (C=S) groups is 1. The Labute approximate surface area is 125 Å². The maximum Gasteiger partial charge on any atom is 0.137 e. The number of likely N-dealkylation sites (tertiary alicyclic amines) is 1. The van der Waals surface area contributed by atoms with Crippen LogP contribution in [0.25, 0.3) is 0 Å². The fourth-order valence-electron chi connectivity index (χ4n) is 3.81. The molecule has 2 nitrogen and oxygen atoms in total. The van der Waals surface area contributed by atoms with Crippen molar-refractivity contribution < 1.29 is 4.39 Å². The van der Waals surface area contributed by atoms with Gasteiger partial charge in [0.1, 0.15) is 10.8 Å². The van der Waals surface area contributed by atoms with Crippen LogP contribution >= 0.6 is 12.2 Å². The monoisotopic (exact) mass is 292 g/mol. The Bertz CT molecular complexity index is 517. The van der Waals surface area contributed by atoms with Crippen LogP contribution in [0, 0.1) is 11.7 Å². The molecule has 1 aromatic carbocycles. The molecule has 0 bridgehead atoms. The van der Waals surface area contributed by atoms with Crippen molar-refractivity contribution in [1.82, 2.24) is 4.90 Å². The van der Waals surface area contributed by atoms with Crippen molar-refractivity contribution in [2.24, 2.45) is 11.7 Å². The molecule has 4 heteroatoms. The highest BCUT2D eigenvalue weighted by molar-refractivity contribution is 7.80. The molecule has 1 heterocycles. The Morgan fingerprint density at radius 3 is 2.90 bits per heavy atom. The van der Waals surface area contributed by atoms with Crippen LogP contribution in [0.15, 0.2) is 18.2 Å². The van der Waals surface area contributed by atoms with E-state index in [1.807, 2.05) is 12.1 Å². The van der Waals surface area contributed by atoms with Gasteiger partial charge in [0.15, 0.2) is 0 Å². The normalized spacial score (nSPS) is 26.4. The molecule has 20 heavy (non-hydrogen) atoms. The number of hydrogen-bond donors (Lipinski definition) is 1. The summed E-state index contributed by atoms with van der Waals surface area (Å²) in [6, 6.07) is 6.01. The number of nitrogens with zero attached hydrogens (tertiary/aromatic N) is 1. The highest BCUT2D eigenvalue weighted by atomic mass is 32.1. The second-order valence-electron chi connectivity index (χ2n) is 6.01. The molecule has 2 unspecified atom stereocenters. The summed E-state index contributed by atoms with van der Waals surface area (Å²) in [5, 5.41) is 0. The Balaban J connectivity index is 1.78. The van der Waals surface area contributed by atoms with Crippen molar-refractivity contribution in [3.8, 4) is 0 Å². The van der Waals surface area contributed by atoms with E-state index in [9.17, 15) is 4.39 Å². The van der Waals surface area contributed by atoms with E-state index in [0.717, 1.165) is 18.0 Å². The predicted octanol–water partition coefficient (Wildman–Crippen LogP) is 3.22. The lowest BCUT2D eigenvalue weighted by molar-refractivity contribution is 0.174. The molecule has 0 amide bonds. The highest BCUT2D eigenvalue weighted by Crippen LogP contribution is 2.37. The first-order valence-electron chi connectivity index (χ1n) is 7.48. The van der Waals surface area contributed by atoms with Crippen molar-refractivity contribution in [2.75, 3.05) is 6.54 Å². The van der Waals surface area contributed by atoms with Gasteiger partial charge in [0, 0.05) is 23.7 Å². The topological polar surface area (TPSA) is 29.3 Å². The predicted molar refractivity (Wildman–Crippen MR) is 83.1 cm³/mol. The molecule has 0 spiro atoms. The van der Waals surface area contributed by atoms with E-state index < -0.39 is 0 Å². The van der Waals surface area contributed by atoms with E-state index in [1.54, 1.807) is 6.07 Å². The van der Waals surface area contributed by atoms with Crippen LogP contribution < -0.4 is 5.73 Å². The molecule has 0 radical (unpaired) electrons. The minimum absolute atomic E-state index is 0.140. The van der Waals surface area contributed by atoms with Crippen LogP contribution in [-0.2, 0) is 6.54 Å². The van der Waals surface area contributed by atoms with Crippen molar-refractivity contribution in [3.05, 3.63) is 35.1 Å². The third-order valence-corrected chi connectivity index (χ3v) is 5.06.